The van der Waals surface area contributed by atoms with E-state index < -0.39 is 15.7 Å². The number of hydrogen-bond donors (Lipinski definition) is 3. The van der Waals surface area contributed by atoms with E-state index in [4.69, 9.17) is 4.74 Å². The molecule has 0 bridgehead atoms. The van der Waals surface area contributed by atoms with Gasteiger partial charge in [-0.2, -0.15) is 4.98 Å². The molecule has 0 atom stereocenters. The molecule has 0 saturated heterocycles. The van der Waals surface area contributed by atoms with Gasteiger partial charge in [-0.1, -0.05) is 12.6 Å². The van der Waals surface area contributed by atoms with Gasteiger partial charge < -0.3 is 20.7 Å². The predicted octanol–water partition coefficient (Wildman–Crippen LogP) is 4.04. The molecule has 2 aromatic carbocycles. The average molecular weight is 486 g/mol. The highest BCUT2D eigenvalue weighted by Crippen LogP contribution is 2.23. The number of sulfone groups is 1. The summed E-state index contributed by atoms with van der Waals surface area (Å²) in [4.78, 5) is 19.6. The molecule has 0 aliphatic heterocycles. The molecule has 3 aromatic rings. The van der Waals surface area contributed by atoms with Crippen molar-refractivity contribution in [3.8, 4) is 5.75 Å². The summed E-state index contributed by atoms with van der Waals surface area (Å²) in [6.07, 6.45) is 3.79. The molecule has 3 N–H and O–H groups in total. The Morgan fingerprint density at radius 3 is 2.56 bits per heavy atom. The van der Waals surface area contributed by atoms with Crippen molar-refractivity contribution < 1.29 is 22.3 Å². The zero-order chi connectivity index (χ0) is 24.6. The van der Waals surface area contributed by atoms with Crippen molar-refractivity contribution in [2.45, 2.75) is 6.42 Å². The zero-order valence-electron chi connectivity index (χ0n) is 18.4. The van der Waals surface area contributed by atoms with E-state index in [0.717, 1.165) is 12.3 Å². The highest BCUT2D eigenvalue weighted by molar-refractivity contribution is 7.90. The fourth-order valence-corrected chi connectivity index (χ4v) is 3.44. The number of amides is 1. The molecule has 1 heterocycles. The van der Waals surface area contributed by atoms with Crippen LogP contribution in [-0.2, 0) is 14.6 Å². The molecule has 0 aliphatic carbocycles. The second-order valence-corrected chi connectivity index (χ2v) is 9.53. The lowest BCUT2D eigenvalue weighted by Crippen LogP contribution is -2.08. The van der Waals surface area contributed by atoms with Gasteiger partial charge in [-0.15, -0.1) is 0 Å². The quantitative estimate of drug-likeness (QED) is 0.275. The van der Waals surface area contributed by atoms with Gasteiger partial charge in [0.25, 0.3) is 0 Å². The lowest BCUT2D eigenvalue weighted by atomic mass is 10.2. The topological polar surface area (TPSA) is 122 Å². The first kappa shape index (κ1) is 24.6. The average Bonchev–Trinajstić information content (AvgIpc) is 2.79. The number of rotatable bonds is 11. The van der Waals surface area contributed by atoms with Gasteiger partial charge in [0, 0.05) is 23.3 Å². The van der Waals surface area contributed by atoms with Crippen molar-refractivity contribution in [3.63, 3.8) is 0 Å². The first-order valence-electron chi connectivity index (χ1n) is 10.2. The molecule has 0 spiro atoms. The van der Waals surface area contributed by atoms with Crippen LogP contribution in [0.25, 0.3) is 0 Å². The maximum Gasteiger partial charge on any atom is 0.247 e. The number of benzene rings is 2. The Morgan fingerprint density at radius 2 is 1.85 bits per heavy atom. The number of carbonyl (C=O) groups excluding carboxylic acids is 1. The van der Waals surface area contributed by atoms with E-state index in [2.05, 4.69) is 32.5 Å². The van der Waals surface area contributed by atoms with Crippen LogP contribution in [0.15, 0.2) is 67.4 Å². The van der Waals surface area contributed by atoms with E-state index in [-0.39, 0.29) is 30.0 Å². The van der Waals surface area contributed by atoms with Gasteiger partial charge in [-0.05, 0) is 55.0 Å². The number of hydrogen-bond acceptors (Lipinski definition) is 8. The first-order chi connectivity index (χ1) is 16.2. The molecule has 11 heteroatoms. The van der Waals surface area contributed by atoms with Crippen molar-refractivity contribution in [1.82, 2.24) is 9.97 Å². The summed E-state index contributed by atoms with van der Waals surface area (Å²) < 4.78 is 42.1. The molecule has 178 valence electrons. The third-order valence-electron chi connectivity index (χ3n) is 4.36. The standard InChI is InChI=1S/C23H24FN5O4S/c1-3-21(30)26-17-6-4-7-18(14-17)27-22-20(24)15-25-23(29-22)28-16-8-10-19(11-9-16)33-12-5-13-34(2,31)32/h3-4,6-11,14-15H,1,5,12-13H2,2H3,(H,26,30)(H2,25,27,28,29). The lowest BCUT2D eigenvalue weighted by molar-refractivity contribution is -0.111. The summed E-state index contributed by atoms with van der Waals surface area (Å²) in [6, 6.07) is 13.6. The number of halogens is 1. The second-order valence-electron chi connectivity index (χ2n) is 7.27. The molecule has 0 aliphatic rings. The Hall–Kier alpha value is -3.99. The third kappa shape index (κ3) is 7.85. The largest absolute Gasteiger partial charge is 0.494 e. The van der Waals surface area contributed by atoms with Crippen LogP contribution in [0.2, 0.25) is 0 Å². The summed E-state index contributed by atoms with van der Waals surface area (Å²) in [7, 11) is -3.01. The van der Waals surface area contributed by atoms with Crippen LogP contribution in [0, 0.1) is 5.82 Å². The Kier molecular flexibility index (Phi) is 8.14. The molecule has 1 aromatic heterocycles. The maximum absolute atomic E-state index is 14.3. The summed E-state index contributed by atoms with van der Waals surface area (Å²) in [5.41, 5.74) is 1.68. The minimum absolute atomic E-state index is 0.0458. The Bertz CT molecular complexity index is 1270. The third-order valence-corrected chi connectivity index (χ3v) is 5.39. The van der Waals surface area contributed by atoms with Crippen LogP contribution in [0.4, 0.5) is 33.2 Å². The molecular formula is C23H24FN5O4S. The number of nitrogens with one attached hydrogen (secondary N) is 3. The number of nitrogens with zero attached hydrogens (tertiary/aromatic N) is 2. The Morgan fingerprint density at radius 1 is 1.12 bits per heavy atom. The predicted molar refractivity (Wildman–Crippen MR) is 130 cm³/mol. The van der Waals surface area contributed by atoms with E-state index in [0.29, 0.717) is 29.2 Å². The van der Waals surface area contributed by atoms with Crippen LogP contribution in [0.1, 0.15) is 6.42 Å². The van der Waals surface area contributed by atoms with Crippen LogP contribution < -0.4 is 20.7 Å². The summed E-state index contributed by atoms with van der Waals surface area (Å²) in [6.45, 7) is 3.69. The smallest absolute Gasteiger partial charge is 0.247 e. The molecule has 0 radical (unpaired) electrons. The molecular weight excluding hydrogens is 461 g/mol. The number of aromatic nitrogens is 2. The fraction of sp³-hybridized carbons (Fsp3) is 0.174. The van der Waals surface area contributed by atoms with Crippen LogP contribution >= 0.6 is 0 Å². The van der Waals surface area contributed by atoms with E-state index in [9.17, 15) is 17.6 Å². The molecule has 0 saturated carbocycles. The van der Waals surface area contributed by atoms with Crippen molar-refractivity contribution in [2.75, 3.05) is 34.6 Å². The SMILES string of the molecule is C=CC(=O)Nc1cccc(Nc2nc(Nc3ccc(OCCCS(C)(=O)=O)cc3)ncc2F)c1. The van der Waals surface area contributed by atoms with Gasteiger partial charge in [0.15, 0.2) is 11.6 Å². The maximum atomic E-state index is 14.3. The van der Waals surface area contributed by atoms with Crippen molar-refractivity contribution in [1.29, 1.82) is 0 Å². The van der Waals surface area contributed by atoms with Crippen LogP contribution in [-0.4, -0.2) is 42.9 Å². The molecule has 9 nitrogen and oxygen atoms in total. The van der Waals surface area contributed by atoms with Crippen molar-refractivity contribution in [2.24, 2.45) is 0 Å². The number of ether oxygens (including phenoxy) is 1. The van der Waals surface area contributed by atoms with Crippen molar-refractivity contribution >= 4 is 44.6 Å². The van der Waals surface area contributed by atoms with Gasteiger partial charge >= 0.3 is 0 Å². The lowest BCUT2D eigenvalue weighted by Gasteiger charge is -2.11. The first-order valence-corrected chi connectivity index (χ1v) is 12.3. The van der Waals surface area contributed by atoms with E-state index in [1.54, 1.807) is 48.5 Å². The van der Waals surface area contributed by atoms with Gasteiger partial charge in [-0.3, -0.25) is 4.79 Å². The highest BCUT2D eigenvalue weighted by Gasteiger charge is 2.09. The minimum atomic E-state index is -3.01. The fourth-order valence-electron chi connectivity index (χ4n) is 2.79. The molecule has 0 unspecified atom stereocenters. The number of carbonyl (C=O) groups is 1. The van der Waals surface area contributed by atoms with Crippen LogP contribution in [0.5, 0.6) is 5.75 Å². The summed E-state index contributed by atoms with van der Waals surface area (Å²) in [5.74, 6) is -0.230. The highest BCUT2D eigenvalue weighted by atomic mass is 32.2. The van der Waals surface area contributed by atoms with Gasteiger partial charge in [0.2, 0.25) is 11.9 Å². The summed E-state index contributed by atoms with van der Waals surface area (Å²) >= 11 is 0. The van der Waals surface area contributed by atoms with E-state index in [1.807, 2.05) is 0 Å². The molecule has 1 amide bonds. The molecule has 3 rings (SSSR count). The zero-order valence-corrected chi connectivity index (χ0v) is 19.2. The Labute approximate surface area is 197 Å². The van der Waals surface area contributed by atoms with Crippen LogP contribution in [0.3, 0.4) is 0 Å². The van der Waals surface area contributed by atoms with Gasteiger partial charge in [0.1, 0.15) is 15.6 Å². The van der Waals surface area contributed by atoms with Gasteiger partial charge in [0.05, 0.1) is 18.6 Å². The van der Waals surface area contributed by atoms with Crippen molar-refractivity contribution in [3.05, 3.63) is 73.2 Å². The monoisotopic (exact) mass is 485 g/mol. The Balaban J connectivity index is 1.62. The molecule has 0 fully saturated rings. The second kappa shape index (κ2) is 11.2. The normalized spacial score (nSPS) is 10.9. The van der Waals surface area contributed by atoms with E-state index in [1.165, 1.54) is 6.26 Å². The minimum Gasteiger partial charge on any atom is -0.494 e. The molecule has 34 heavy (non-hydrogen) atoms. The van der Waals surface area contributed by atoms with E-state index >= 15 is 0 Å². The summed E-state index contributed by atoms with van der Waals surface area (Å²) in [5, 5.41) is 8.49. The van der Waals surface area contributed by atoms with Gasteiger partial charge in [-0.25, -0.2) is 17.8 Å². The number of anilines is 5.